The lowest BCUT2D eigenvalue weighted by Crippen LogP contribution is -2.34. The minimum atomic E-state index is -5.34. The molecule has 15 heavy (non-hydrogen) atoms. The van der Waals surface area contributed by atoms with Crippen LogP contribution in [0.5, 0.6) is 0 Å². The maximum Gasteiger partial charge on any atom is 0.456 e. The zero-order chi connectivity index (χ0) is 12.1. The van der Waals surface area contributed by atoms with Crippen molar-refractivity contribution in [2.45, 2.75) is 10.8 Å². The highest BCUT2D eigenvalue weighted by Crippen LogP contribution is 2.32. The van der Waals surface area contributed by atoms with Crippen LogP contribution in [0.4, 0.5) is 17.6 Å². The minimum absolute atomic E-state index is 1.62. The summed E-state index contributed by atoms with van der Waals surface area (Å²) >= 11 is 8.39. The topological polar surface area (TPSA) is 45.8 Å². The van der Waals surface area contributed by atoms with E-state index in [2.05, 4.69) is 33.2 Å². The molecule has 0 amide bonds. The van der Waals surface area contributed by atoms with Crippen molar-refractivity contribution in [3.8, 4) is 0 Å². The Kier molecular flexibility index (Phi) is 5.02. The fourth-order valence-electron chi connectivity index (χ4n) is 0.376. The Morgan fingerprint density at radius 2 is 1.80 bits per heavy atom. The molecular formula is C6H4Cl2F4N2O. The Balaban J connectivity index is 0.000000322. The first-order chi connectivity index (χ1) is 6.65. The normalized spacial score (nSPS) is 11.6. The van der Waals surface area contributed by atoms with Gasteiger partial charge in [0, 0.05) is 12.4 Å². The molecule has 1 heterocycles. The van der Waals surface area contributed by atoms with Gasteiger partial charge in [-0.3, -0.25) is 4.79 Å². The summed E-state index contributed by atoms with van der Waals surface area (Å²) in [6, 6.07) is 0. The van der Waals surface area contributed by atoms with Crippen molar-refractivity contribution in [2.24, 2.45) is 0 Å². The second-order valence-corrected chi connectivity index (χ2v) is 3.32. The van der Waals surface area contributed by atoms with E-state index >= 15 is 0 Å². The van der Waals surface area contributed by atoms with E-state index in [1.807, 2.05) is 0 Å². The fourth-order valence-corrected chi connectivity index (χ4v) is 0.590. The van der Waals surface area contributed by atoms with Crippen LogP contribution in [0.15, 0.2) is 18.7 Å². The Bertz CT molecular complexity index is 260. The number of ketones is 1. The molecule has 1 N–H and O–H groups in total. The van der Waals surface area contributed by atoms with Gasteiger partial charge in [-0.05, 0) is 0 Å². The van der Waals surface area contributed by atoms with Gasteiger partial charge in [-0.25, -0.2) is 4.98 Å². The number of carbonyl (C=O) groups is 1. The molecule has 1 rings (SSSR count). The Labute approximate surface area is 91.4 Å². The van der Waals surface area contributed by atoms with Crippen LogP contribution in [0, 0.1) is 0 Å². The zero-order valence-corrected chi connectivity index (χ0v) is 8.37. The number of imidazole rings is 1. The summed E-state index contributed by atoms with van der Waals surface area (Å²) in [7, 11) is 0. The van der Waals surface area contributed by atoms with Gasteiger partial charge >= 0.3 is 16.5 Å². The van der Waals surface area contributed by atoms with Crippen molar-refractivity contribution in [1.82, 2.24) is 9.97 Å². The van der Waals surface area contributed by atoms with E-state index in [1.165, 1.54) is 0 Å². The quantitative estimate of drug-likeness (QED) is 0.628. The maximum absolute atomic E-state index is 11.7. The average Bonchev–Trinajstić information content (AvgIpc) is 2.56. The molecule has 0 aliphatic heterocycles. The van der Waals surface area contributed by atoms with Gasteiger partial charge in [-0.1, -0.05) is 23.2 Å². The van der Waals surface area contributed by atoms with Crippen molar-refractivity contribution < 1.29 is 22.4 Å². The van der Waals surface area contributed by atoms with E-state index in [0.29, 0.717) is 0 Å². The van der Waals surface area contributed by atoms with Crippen LogP contribution in [0.3, 0.4) is 0 Å². The molecule has 0 aromatic carbocycles. The highest BCUT2D eigenvalue weighted by molar-refractivity contribution is 6.57. The lowest BCUT2D eigenvalue weighted by atomic mass is 10.4. The zero-order valence-electron chi connectivity index (χ0n) is 6.86. The molecule has 1 aromatic heterocycles. The summed E-state index contributed by atoms with van der Waals surface area (Å²) in [4.78, 5) is 16.1. The second-order valence-electron chi connectivity index (χ2n) is 2.09. The van der Waals surface area contributed by atoms with Gasteiger partial charge in [0.15, 0.2) is 0 Å². The summed E-state index contributed by atoms with van der Waals surface area (Å²) < 4.78 is 41.4. The molecule has 86 valence electrons. The summed E-state index contributed by atoms with van der Waals surface area (Å²) in [5.74, 6) is -2.82. The molecule has 0 atom stereocenters. The van der Waals surface area contributed by atoms with Crippen LogP contribution in [0.2, 0.25) is 0 Å². The van der Waals surface area contributed by atoms with Crippen LogP contribution in [0.25, 0.3) is 0 Å². The van der Waals surface area contributed by atoms with Crippen LogP contribution in [0.1, 0.15) is 0 Å². The number of nitrogens with zero attached hydrogens (tertiary/aromatic N) is 1. The number of alkyl halides is 6. The van der Waals surface area contributed by atoms with E-state index in [-0.39, 0.29) is 0 Å². The number of hydrogen-bond acceptors (Lipinski definition) is 2. The first-order valence-electron chi connectivity index (χ1n) is 3.27. The molecule has 0 aliphatic rings. The van der Waals surface area contributed by atoms with Crippen LogP contribution < -0.4 is 0 Å². The first kappa shape index (κ1) is 14.2. The third-order valence-corrected chi connectivity index (χ3v) is 1.26. The van der Waals surface area contributed by atoms with E-state index in [1.54, 1.807) is 18.7 Å². The van der Waals surface area contributed by atoms with Crippen LogP contribution in [-0.4, -0.2) is 26.5 Å². The molecule has 0 spiro atoms. The number of nitrogens with one attached hydrogen (secondary N) is 1. The van der Waals surface area contributed by atoms with Crippen LogP contribution >= 0.6 is 23.2 Å². The Morgan fingerprint density at radius 3 is 1.87 bits per heavy atom. The molecule has 0 saturated heterocycles. The summed E-state index contributed by atoms with van der Waals surface area (Å²) in [5, 5.41) is 0. The molecule has 0 bridgehead atoms. The molecule has 0 saturated carbocycles. The Hall–Kier alpha value is -0.820. The lowest BCUT2D eigenvalue weighted by Gasteiger charge is -2.09. The molecule has 0 fully saturated rings. The largest absolute Gasteiger partial charge is 0.456 e. The average molecular weight is 267 g/mol. The number of Topliss-reactive ketones (excluding diaryl/α,β-unsaturated/α-hetero) is 1. The second kappa shape index (κ2) is 5.32. The smallest absolute Gasteiger partial charge is 0.351 e. The van der Waals surface area contributed by atoms with Crippen molar-refractivity contribution >= 4 is 29.0 Å². The molecule has 1 aromatic rings. The molecule has 0 aliphatic carbocycles. The van der Waals surface area contributed by atoms with Gasteiger partial charge in [-0.2, -0.15) is 17.6 Å². The van der Waals surface area contributed by atoms with Crippen molar-refractivity contribution in [2.75, 3.05) is 0 Å². The van der Waals surface area contributed by atoms with E-state index in [9.17, 15) is 22.4 Å². The SMILES string of the molecule is O=C(C(F)(F)F)C(F)(Cl)Cl.c1c[nH]cn1. The van der Waals surface area contributed by atoms with Crippen LogP contribution in [-0.2, 0) is 4.79 Å². The van der Waals surface area contributed by atoms with Crippen molar-refractivity contribution in [1.29, 1.82) is 0 Å². The monoisotopic (exact) mass is 266 g/mol. The van der Waals surface area contributed by atoms with Gasteiger partial charge < -0.3 is 4.98 Å². The predicted molar refractivity (Wildman–Crippen MR) is 45.2 cm³/mol. The minimum Gasteiger partial charge on any atom is -0.351 e. The van der Waals surface area contributed by atoms with E-state index < -0.39 is 16.5 Å². The number of aromatic nitrogens is 2. The number of hydrogen-bond donors (Lipinski definition) is 1. The van der Waals surface area contributed by atoms with E-state index in [0.717, 1.165) is 0 Å². The highest BCUT2D eigenvalue weighted by atomic mass is 35.5. The highest BCUT2D eigenvalue weighted by Gasteiger charge is 2.52. The number of carbonyl (C=O) groups excluding carboxylic acids is 1. The van der Waals surface area contributed by atoms with Gasteiger partial charge in [0.1, 0.15) is 0 Å². The molecule has 0 unspecified atom stereocenters. The summed E-state index contributed by atoms with van der Waals surface area (Å²) in [6.45, 7) is 0. The maximum atomic E-state index is 11.7. The van der Waals surface area contributed by atoms with Gasteiger partial charge in [0.2, 0.25) is 0 Å². The predicted octanol–water partition coefficient (Wildman–Crippen LogP) is 2.63. The third-order valence-electron chi connectivity index (χ3n) is 0.921. The van der Waals surface area contributed by atoms with Crippen molar-refractivity contribution in [3.05, 3.63) is 18.7 Å². The number of halogens is 6. The van der Waals surface area contributed by atoms with Gasteiger partial charge in [0.25, 0.3) is 0 Å². The molecule has 3 nitrogen and oxygen atoms in total. The standard InChI is InChI=1S/C3Cl2F4O.C3H4N2/c4-2(5,6)1(10)3(7,8)9;1-2-5-3-4-1/h;1-3H,(H,4,5). The Morgan fingerprint density at radius 1 is 1.27 bits per heavy atom. The summed E-state index contributed by atoms with van der Waals surface area (Å²) in [6.07, 6.45) is -0.252. The molecule has 0 radical (unpaired) electrons. The first-order valence-corrected chi connectivity index (χ1v) is 4.02. The number of aromatic amines is 1. The van der Waals surface area contributed by atoms with E-state index in [4.69, 9.17) is 0 Å². The van der Waals surface area contributed by atoms with Gasteiger partial charge in [-0.15, -0.1) is 0 Å². The number of H-pyrrole nitrogens is 1. The summed E-state index contributed by atoms with van der Waals surface area (Å²) in [5.41, 5.74) is 0. The van der Waals surface area contributed by atoms with Gasteiger partial charge in [0.05, 0.1) is 6.33 Å². The third kappa shape index (κ3) is 6.29. The van der Waals surface area contributed by atoms with Crippen molar-refractivity contribution in [3.63, 3.8) is 0 Å². The lowest BCUT2D eigenvalue weighted by molar-refractivity contribution is -0.175. The molecule has 9 heteroatoms. The fraction of sp³-hybridized carbons (Fsp3) is 0.333. The number of rotatable bonds is 1. The molecular weight excluding hydrogens is 263 g/mol.